The minimum atomic E-state index is -1.24. The van der Waals surface area contributed by atoms with Gasteiger partial charge in [0, 0.05) is 15.7 Å². The van der Waals surface area contributed by atoms with Gasteiger partial charge in [0.25, 0.3) is 5.91 Å². The third-order valence-electron chi connectivity index (χ3n) is 4.56. The summed E-state index contributed by atoms with van der Waals surface area (Å²) in [5, 5.41) is 8.50. The molecule has 0 aliphatic carbocycles. The van der Waals surface area contributed by atoms with E-state index >= 15 is 0 Å². The molecule has 2 aromatic carbocycles. The molecule has 2 heterocycles. The molecule has 136 valence electrons. The Balaban J connectivity index is 1.95. The average molecular weight is 399 g/mol. The van der Waals surface area contributed by atoms with Crippen molar-refractivity contribution in [1.29, 1.82) is 0 Å². The molecule has 0 spiro atoms. The number of nitrogens with one attached hydrogen (secondary N) is 1. The van der Waals surface area contributed by atoms with Crippen molar-refractivity contribution in [2.24, 2.45) is 4.99 Å². The summed E-state index contributed by atoms with van der Waals surface area (Å²) in [6, 6.07) is 16.2. The molecule has 3 aromatic rings. The Hall–Kier alpha value is -2.63. The van der Waals surface area contributed by atoms with Crippen LogP contribution in [0.3, 0.4) is 0 Å². The van der Waals surface area contributed by atoms with E-state index in [-0.39, 0.29) is 5.91 Å². The Morgan fingerprint density at radius 3 is 1.89 bits per heavy atom. The molecule has 1 aliphatic rings. The van der Waals surface area contributed by atoms with Gasteiger partial charge in [-0.25, -0.2) is 9.67 Å². The van der Waals surface area contributed by atoms with Gasteiger partial charge in [0.15, 0.2) is 5.54 Å². The van der Waals surface area contributed by atoms with Crippen LogP contribution in [-0.2, 0) is 10.3 Å². The smallest absolute Gasteiger partial charge is 0.264 e. The Labute approximate surface area is 166 Å². The van der Waals surface area contributed by atoms with Gasteiger partial charge in [-0.3, -0.25) is 10.1 Å². The van der Waals surface area contributed by atoms with E-state index in [0.717, 1.165) is 11.4 Å². The van der Waals surface area contributed by atoms with Crippen LogP contribution < -0.4 is 5.32 Å². The second-order valence-corrected chi connectivity index (χ2v) is 7.33. The molecule has 7 heteroatoms. The molecule has 4 rings (SSSR count). The third-order valence-corrected chi connectivity index (χ3v) is 5.07. The van der Waals surface area contributed by atoms with Crippen molar-refractivity contribution in [3.63, 3.8) is 0 Å². The van der Waals surface area contributed by atoms with Crippen molar-refractivity contribution >= 4 is 35.1 Å². The number of nitrogens with zero attached hydrogens (tertiary/aromatic N) is 3. The lowest BCUT2D eigenvalue weighted by molar-refractivity contribution is -0.122. The van der Waals surface area contributed by atoms with Gasteiger partial charge in [-0.2, -0.15) is 5.10 Å². The predicted molar refractivity (Wildman–Crippen MR) is 106 cm³/mol. The highest BCUT2D eigenvalue weighted by Crippen LogP contribution is 2.38. The van der Waals surface area contributed by atoms with Crippen LogP contribution in [0.2, 0.25) is 10.0 Å². The number of aliphatic imine (C=N–C) groups is 1. The zero-order chi connectivity index (χ0) is 19.2. The van der Waals surface area contributed by atoms with Gasteiger partial charge < -0.3 is 0 Å². The maximum atomic E-state index is 13.2. The summed E-state index contributed by atoms with van der Waals surface area (Å²) in [5.74, 6) is 0.130. The van der Waals surface area contributed by atoms with Crippen molar-refractivity contribution < 1.29 is 4.79 Å². The quantitative estimate of drug-likeness (QED) is 0.706. The molecule has 0 fully saturated rings. The summed E-state index contributed by atoms with van der Waals surface area (Å²) in [6.07, 6.45) is 0. The zero-order valence-electron chi connectivity index (χ0n) is 14.7. The fourth-order valence-corrected chi connectivity index (χ4v) is 3.57. The molecule has 0 saturated heterocycles. The molecule has 0 atom stereocenters. The number of aryl methyl sites for hydroxylation is 2. The number of carbonyl (C=O) groups excluding carboxylic acids is 1. The molecule has 1 aromatic heterocycles. The summed E-state index contributed by atoms with van der Waals surface area (Å²) in [4.78, 5) is 18.1. The number of hydrogen-bond donors (Lipinski definition) is 1. The summed E-state index contributed by atoms with van der Waals surface area (Å²) < 4.78 is 1.64. The number of halogens is 2. The first-order valence-electron chi connectivity index (χ1n) is 8.37. The fourth-order valence-electron chi connectivity index (χ4n) is 3.31. The van der Waals surface area contributed by atoms with Gasteiger partial charge in [-0.15, -0.1) is 0 Å². The summed E-state index contributed by atoms with van der Waals surface area (Å²) in [5.41, 5.74) is 1.91. The molecular weight excluding hydrogens is 383 g/mol. The largest absolute Gasteiger partial charge is 0.292 e. The van der Waals surface area contributed by atoms with E-state index in [4.69, 9.17) is 28.2 Å². The zero-order valence-corrected chi connectivity index (χ0v) is 16.2. The molecule has 1 aliphatic heterocycles. The minimum Gasteiger partial charge on any atom is -0.292 e. The fraction of sp³-hybridized carbons (Fsp3) is 0.150. The van der Waals surface area contributed by atoms with Gasteiger partial charge in [0.05, 0.1) is 5.69 Å². The first-order valence-corrected chi connectivity index (χ1v) is 9.13. The standard InChI is InChI=1S/C20H16Cl2N4O/c1-12-11-13(2)26(25-12)19-23-18(27)20(24-19,14-3-7-16(21)8-4-14)15-5-9-17(22)10-6-15/h3-11H,1-2H3,(H,23,24,27). The van der Waals surface area contributed by atoms with Crippen molar-refractivity contribution in [3.05, 3.63) is 87.2 Å². The van der Waals surface area contributed by atoms with Gasteiger partial charge in [0.1, 0.15) is 0 Å². The van der Waals surface area contributed by atoms with Gasteiger partial charge in [-0.1, -0.05) is 47.5 Å². The number of rotatable bonds is 2. The van der Waals surface area contributed by atoms with E-state index in [2.05, 4.69) is 10.4 Å². The molecule has 5 nitrogen and oxygen atoms in total. The highest BCUT2D eigenvalue weighted by atomic mass is 35.5. The average Bonchev–Trinajstić information content (AvgIpc) is 3.16. The van der Waals surface area contributed by atoms with Crippen molar-refractivity contribution in [3.8, 4) is 0 Å². The number of aromatic nitrogens is 2. The molecule has 1 amide bonds. The maximum absolute atomic E-state index is 13.2. The first kappa shape index (κ1) is 17.8. The van der Waals surface area contributed by atoms with E-state index in [1.165, 1.54) is 0 Å². The molecule has 27 heavy (non-hydrogen) atoms. The van der Waals surface area contributed by atoms with Crippen LogP contribution in [0.1, 0.15) is 22.5 Å². The number of amides is 1. The van der Waals surface area contributed by atoms with Crippen LogP contribution >= 0.6 is 23.2 Å². The lowest BCUT2D eigenvalue weighted by Gasteiger charge is -2.24. The topological polar surface area (TPSA) is 59.3 Å². The van der Waals surface area contributed by atoms with Crippen LogP contribution in [0, 0.1) is 13.8 Å². The highest BCUT2D eigenvalue weighted by Gasteiger charge is 2.47. The number of carbonyl (C=O) groups is 1. The summed E-state index contributed by atoms with van der Waals surface area (Å²) in [6.45, 7) is 3.81. The van der Waals surface area contributed by atoms with Crippen LogP contribution in [0.5, 0.6) is 0 Å². The maximum Gasteiger partial charge on any atom is 0.264 e. The van der Waals surface area contributed by atoms with Crippen molar-refractivity contribution in [1.82, 2.24) is 15.1 Å². The normalized spacial score (nSPS) is 15.6. The summed E-state index contributed by atoms with van der Waals surface area (Å²) >= 11 is 12.1. The van der Waals surface area contributed by atoms with Crippen LogP contribution in [0.15, 0.2) is 59.6 Å². The number of hydrogen-bond acceptors (Lipinski definition) is 3. The molecule has 1 N–H and O–H groups in total. The van der Waals surface area contributed by atoms with Crippen LogP contribution in [0.4, 0.5) is 0 Å². The van der Waals surface area contributed by atoms with Gasteiger partial charge >= 0.3 is 0 Å². The molecule has 0 radical (unpaired) electrons. The van der Waals surface area contributed by atoms with Crippen LogP contribution in [0.25, 0.3) is 0 Å². The minimum absolute atomic E-state index is 0.255. The Bertz CT molecular complexity index is 1010. The lowest BCUT2D eigenvalue weighted by Crippen LogP contribution is -2.39. The number of benzene rings is 2. The van der Waals surface area contributed by atoms with E-state index < -0.39 is 5.54 Å². The molecular formula is C20H16Cl2N4O. The summed E-state index contributed by atoms with van der Waals surface area (Å²) in [7, 11) is 0. The van der Waals surface area contributed by atoms with E-state index in [1.54, 1.807) is 28.9 Å². The lowest BCUT2D eigenvalue weighted by atomic mass is 9.83. The third kappa shape index (κ3) is 2.93. The SMILES string of the molecule is Cc1cc(C)n(C2=NC(c3ccc(Cl)cc3)(c3ccc(Cl)cc3)C(=O)N2)n1. The predicted octanol–water partition coefficient (Wildman–Crippen LogP) is 4.08. The Kier molecular flexibility index (Phi) is 4.29. The first-order chi connectivity index (χ1) is 12.9. The Morgan fingerprint density at radius 2 is 1.44 bits per heavy atom. The van der Waals surface area contributed by atoms with Crippen molar-refractivity contribution in [2.75, 3.05) is 0 Å². The second kappa shape index (κ2) is 6.51. The Morgan fingerprint density at radius 1 is 0.926 bits per heavy atom. The van der Waals surface area contributed by atoms with Gasteiger partial charge in [-0.05, 0) is 55.3 Å². The van der Waals surface area contributed by atoms with E-state index in [1.807, 2.05) is 44.2 Å². The van der Waals surface area contributed by atoms with E-state index in [0.29, 0.717) is 27.1 Å². The molecule has 0 saturated carbocycles. The van der Waals surface area contributed by atoms with E-state index in [9.17, 15) is 4.79 Å². The monoisotopic (exact) mass is 398 g/mol. The van der Waals surface area contributed by atoms with Crippen molar-refractivity contribution in [2.45, 2.75) is 19.4 Å². The highest BCUT2D eigenvalue weighted by molar-refractivity contribution is 6.31. The van der Waals surface area contributed by atoms with Crippen LogP contribution in [-0.4, -0.2) is 21.6 Å². The molecule has 0 bridgehead atoms. The van der Waals surface area contributed by atoms with Gasteiger partial charge in [0.2, 0.25) is 5.96 Å². The molecule has 0 unspecified atom stereocenters. The second-order valence-electron chi connectivity index (χ2n) is 6.45.